The van der Waals surface area contributed by atoms with Crippen LogP contribution in [0, 0.1) is 5.92 Å². The molecule has 1 aromatic carbocycles. The third-order valence-electron chi connectivity index (χ3n) is 3.35. The van der Waals surface area contributed by atoms with Crippen molar-refractivity contribution in [3.8, 4) is 0 Å². The number of pyridine rings is 1. The lowest BCUT2D eigenvalue weighted by molar-refractivity contribution is 0.356. The first-order chi connectivity index (χ1) is 9.56. The molecule has 1 atom stereocenters. The molecule has 0 spiro atoms. The number of hydrogen-bond acceptors (Lipinski definition) is 3. The van der Waals surface area contributed by atoms with E-state index >= 15 is 0 Å². The number of nitrogens with one attached hydrogen (secondary N) is 1. The summed E-state index contributed by atoms with van der Waals surface area (Å²) in [6.45, 7) is 5.58. The zero-order valence-electron chi connectivity index (χ0n) is 12.9. The van der Waals surface area contributed by atoms with Crippen LogP contribution in [0.3, 0.4) is 0 Å². The van der Waals surface area contributed by atoms with Gasteiger partial charge < -0.3 is 10.2 Å². The Hall–Kier alpha value is -1.61. The molecule has 0 fully saturated rings. The van der Waals surface area contributed by atoms with E-state index in [2.05, 4.69) is 67.4 Å². The number of fused-ring (bicyclic) bond motifs is 1. The van der Waals surface area contributed by atoms with E-state index < -0.39 is 0 Å². The second kappa shape index (κ2) is 6.71. The summed E-state index contributed by atoms with van der Waals surface area (Å²) in [5.41, 5.74) is 2.23. The highest BCUT2D eigenvalue weighted by atomic mass is 15.1. The predicted octanol–water partition coefficient (Wildman–Crippen LogP) is 3.62. The van der Waals surface area contributed by atoms with Crippen molar-refractivity contribution < 1.29 is 0 Å². The van der Waals surface area contributed by atoms with Crippen molar-refractivity contribution in [2.45, 2.75) is 26.3 Å². The maximum atomic E-state index is 4.42. The van der Waals surface area contributed by atoms with Gasteiger partial charge in [0.05, 0.1) is 5.52 Å². The second-order valence-electron chi connectivity index (χ2n) is 6.11. The molecule has 1 heterocycles. The molecule has 108 valence electrons. The van der Waals surface area contributed by atoms with E-state index in [0.717, 1.165) is 18.5 Å². The molecule has 3 heteroatoms. The van der Waals surface area contributed by atoms with Gasteiger partial charge in [-0.25, -0.2) is 0 Å². The molecular formula is C17H25N3. The highest BCUT2D eigenvalue weighted by molar-refractivity contribution is 5.90. The molecule has 20 heavy (non-hydrogen) atoms. The molecule has 2 aromatic rings. The molecule has 3 nitrogen and oxygen atoms in total. The van der Waals surface area contributed by atoms with Gasteiger partial charge in [-0.15, -0.1) is 0 Å². The number of rotatable bonds is 6. The first-order valence-electron chi connectivity index (χ1n) is 7.31. The summed E-state index contributed by atoms with van der Waals surface area (Å²) in [7, 11) is 4.25. The predicted molar refractivity (Wildman–Crippen MR) is 87.2 cm³/mol. The van der Waals surface area contributed by atoms with Gasteiger partial charge in [-0.05, 0) is 38.6 Å². The molecule has 0 aliphatic carbocycles. The van der Waals surface area contributed by atoms with E-state index in [1.807, 2.05) is 12.3 Å². The summed E-state index contributed by atoms with van der Waals surface area (Å²) in [6, 6.07) is 10.8. The normalized spacial score (nSPS) is 13.1. The van der Waals surface area contributed by atoms with Gasteiger partial charge in [0.2, 0.25) is 0 Å². The third-order valence-corrected chi connectivity index (χ3v) is 3.35. The fourth-order valence-electron chi connectivity index (χ4n) is 2.63. The highest BCUT2D eigenvalue weighted by Gasteiger charge is 2.13. The number of likely N-dealkylation sites (N-methyl/N-ethyl adjacent to an activating group) is 1. The molecule has 0 saturated heterocycles. The number of benzene rings is 1. The molecule has 0 aliphatic rings. The summed E-state index contributed by atoms with van der Waals surface area (Å²) >= 11 is 0. The van der Waals surface area contributed by atoms with Crippen molar-refractivity contribution in [1.82, 2.24) is 9.88 Å². The monoisotopic (exact) mass is 271 g/mol. The van der Waals surface area contributed by atoms with E-state index in [4.69, 9.17) is 0 Å². The fraction of sp³-hybridized carbons (Fsp3) is 0.471. The number of hydrogen-bond donors (Lipinski definition) is 1. The maximum absolute atomic E-state index is 4.42. The van der Waals surface area contributed by atoms with Gasteiger partial charge in [0, 0.05) is 29.9 Å². The highest BCUT2D eigenvalue weighted by Crippen LogP contribution is 2.23. The molecule has 1 aromatic heterocycles. The van der Waals surface area contributed by atoms with Gasteiger partial charge in [0.1, 0.15) is 0 Å². The van der Waals surface area contributed by atoms with Crippen LogP contribution in [0.1, 0.15) is 20.3 Å². The first-order valence-corrected chi connectivity index (χ1v) is 7.31. The SMILES string of the molecule is CC(C)CC(CN(C)C)Nc1ccnc2ccccc12. The molecule has 1 unspecified atom stereocenters. The molecule has 0 saturated carbocycles. The molecule has 0 aliphatic heterocycles. The van der Waals surface area contributed by atoms with Crippen molar-refractivity contribution in [2.75, 3.05) is 26.0 Å². The van der Waals surface area contributed by atoms with Crippen molar-refractivity contribution in [2.24, 2.45) is 5.92 Å². The van der Waals surface area contributed by atoms with Crippen LogP contribution in [-0.2, 0) is 0 Å². The molecule has 0 bridgehead atoms. The van der Waals surface area contributed by atoms with Crippen molar-refractivity contribution in [3.63, 3.8) is 0 Å². The number of para-hydroxylation sites is 1. The minimum absolute atomic E-state index is 0.454. The largest absolute Gasteiger partial charge is 0.380 e. The lowest BCUT2D eigenvalue weighted by atomic mass is 10.0. The van der Waals surface area contributed by atoms with Gasteiger partial charge in [-0.1, -0.05) is 32.0 Å². The van der Waals surface area contributed by atoms with Gasteiger partial charge in [-0.3, -0.25) is 4.98 Å². The Morgan fingerprint density at radius 3 is 2.60 bits per heavy atom. The van der Waals surface area contributed by atoms with E-state index in [0.29, 0.717) is 12.0 Å². The Morgan fingerprint density at radius 2 is 1.90 bits per heavy atom. The van der Waals surface area contributed by atoms with Crippen LogP contribution in [-0.4, -0.2) is 36.6 Å². The van der Waals surface area contributed by atoms with E-state index in [-0.39, 0.29) is 0 Å². The molecule has 2 rings (SSSR count). The topological polar surface area (TPSA) is 28.2 Å². The van der Waals surface area contributed by atoms with Gasteiger partial charge >= 0.3 is 0 Å². The quantitative estimate of drug-likeness (QED) is 0.869. The van der Waals surface area contributed by atoms with Crippen molar-refractivity contribution in [3.05, 3.63) is 36.5 Å². The standard InChI is InChI=1S/C17H25N3/c1-13(2)11-14(12-20(3)4)19-17-9-10-18-16-8-6-5-7-15(16)17/h5-10,13-14H,11-12H2,1-4H3,(H,18,19). The average molecular weight is 271 g/mol. The van der Waals surface area contributed by atoms with Crippen LogP contribution in [0.2, 0.25) is 0 Å². The molecule has 0 amide bonds. The fourth-order valence-corrected chi connectivity index (χ4v) is 2.63. The lowest BCUT2D eigenvalue weighted by Gasteiger charge is -2.25. The van der Waals surface area contributed by atoms with E-state index in [1.54, 1.807) is 0 Å². The lowest BCUT2D eigenvalue weighted by Crippen LogP contribution is -2.33. The summed E-state index contributed by atoms with van der Waals surface area (Å²) in [6.07, 6.45) is 3.04. The van der Waals surface area contributed by atoms with Crippen LogP contribution >= 0.6 is 0 Å². The Labute approximate surface area is 122 Å². The summed E-state index contributed by atoms with van der Waals surface area (Å²) in [5.74, 6) is 0.681. The van der Waals surface area contributed by atoms with E-state index in [9.17, 15) is 0 Å². The Bertz CT molecular complexity index is 533. The van der Waals surface area contributed by atoms with Crippen molar-refractivity contribution in [1.29, 1.82) is 0 Å². The van der Waals surface area contributed by atoms with Crippen LogP contribution in [0.15, 0.2) is 36.5 Å². The van der Waals surface area contributed by atoms with Crippen LogP contribution < -0.4 is 5.32 Å². The zero-order valence-corrected chi connectivity index (χ0v) is 12.9. The smallest absolute Gasteiger partial charge is 0.0722 e. The molecule has 1 N–H and O–H groups in total. The van der Waals surface area contributed by atoms with Crippen molar-refractivity contribution >= 4 is 16.6 Å². The Morgan fingerprint density at radius 1 is 1.15 bits per heavy atom. The van der Waals surface area contributed by atoms with Gasteiger partial charge in [-0.2, -0.15) is 0 Å². The summed E-state index contributed by atoms with van der Waals surface area (Å²) < 4.78 is 0. The minimum atomic E-state index is 0.454. The average Bonchev–Trinajstić information content (AvgIpc) is 2.37. The molecular weight excluding hydrogens is 246 g/mol. The van der Waals surface area contributed by atoms with Crippen LogP contribution in [0.4, 0.5) is 5.69 Å². The number of anilines is 1. The Kier molecular flexibility index (Phi) is 4.96. The van der Waals surface area contributed by atoms with E-state index in [1.165, 1.54) is 11.1 Å². The first kappa shape index (κ1) is 14.8. The zero-order chi connectivity index (χ0) is 14.5. The van der Waals surface area contributed by atoms with Gasteiger partial charge in [0.25, 0.3) is 0 Å². The summed E-state index contributed by atoms with van der Waals surface area (Å²) in [4.78, 5) is 6.66. The summed E-state index contributed by atoms with van der Waals surface area (Å²) in [5, 5.41) is 4.90. The van der Waals surface area contributed by atoms with Crippen LogP contribution in [0.5, 0.6) is 0 Å². The van der Waals surface area contributed by atoms with Gasteiger partial charge in [0.15, 0.2) is 0 Å². The number of aromatic nitrogens is 1. The third kappa shape index (κ3) is 3.94. The second-order valence-corrected chi connectivity index (χ2v) is 6.11. The van der Waals surface area contributed by atoms with Crippen LogP contribution in [0.25, 0.3) is 10.9 Å². The maximum Gasteiger partial charge on any atom is 0.0722 e. The number of nitrogens with zero attached hydrogens (tertiary/aromatic N) is 2. The molecule has 0 radical (unpaired) electrons. The Balaban J connectivity index is 2.23. The minimum Gasteiger partial charge on any atom is -0.380 e.